The molecule has 1 aromatic rings. The first-order valence-electron chi connectivity index (χ1n) is 5.56. The second kappa shape index (κ2) is 6.54. The molecule has 0 saturated heterocycles. The van der Waals surface area contributed by atoms with Crippen LogP contribution in [0.5, 0.6) is 5.88 Å². The summed E-state index contributed by atoms with van der Waals surface area (Å²) >= 11 is 0. The largest absolute Gasteiger partial charge is 0.478 e. The van der Waals surface area contributed by atoms with Gasteiger partial charge in [-0.15, -0.1) is 0 Å². The Kier molecular flexibility index (Phi) is 5.34. The van der Waals surface area contributed by atoms with Crippen molar-refractivity contribution in [3.63, 3.8) is 0 Å². The zero-order chi connectivity index (χ0) is 12.8. The molecule has 0 aliphatic carbocycles. The number of aromatic nitrogens is 2. The van der Waals surface area contributed by atoms with Gasteiger partial charge < -0.3 is 10.1 Å². The van der Waals surface area contributed by atoms with E-state index in [4.69, 9.17) is 4.74 Å². The fraction of sp³-hybridized carbons (Fsp3) is 0.636. The number of ether oxygens (including phenoxy) is 1. The zero-order valence-corrected chi connectivity index (χ0v) is 11.5. The fourth-order valence-corrected chi connectivity index (χ4v) is 1.57. The van der Waals surface area contributed by atoms with Crippen LogP contribution in [0.3, 0.4) is 0 Å². The molecule has 1 aromatic heterocycles. The Morgan fingerprint density at radius 1 is 1.53 bits per heavy atom. The lowest BCUT2D eigenvalue weighted by atomic mass is 10.3. The zero-order valence-electron chi connectivity index (χ0n) is 10.7. The molecule has 1 N–H and O–H groups in total. The summed E-state index contributed by atoms with van der Waals surface area (Å²) in [7, 11) is -0.836. The lowest BCUT2D eigenvalue weighted by Gasteiger charge is -2.13. The first-order chi connectivity index (χ1) is 8.06. The van der Waals surface area contributed by atoms with E-state index in [0.717, 1.165) is 11.4 Å². The number of hydrogen-bond donors (Lipinski definition) is 1. The quantitative estimate of drug-likeness (QED) is 0.833. The lowest BCUT2D eigenvalue weighted by Crippen LogP contribution is -2.21. The molecule has 0 bridgehead atoms. The summed E-state index contributed by atoms with van der Waals surface area (Å²) in [4.78, 5) is 8.21. The van der Waals surface area contributed by atoms with Crippen LogP contribution in [0, 0.1) is 6.92 Å². The summed E-state index contributed by atoms with van der Waals surface area (Å²) in [6.45, 7) is 6.94. The van der Waals surface area contributed by atoms with Crippen molar-refractivity contribution >= 4 is 16.6 Å². The molecule has 6 heteroatoms. The molecule has 96 valence electrons. The van der Waals surface area contributed by atoms with E-state index < -0.39 is 10.8 Å². The van der Waals surface area contributed by atoms with Gasteiger partial charge in [-0.25, -0.2) is 9.97 Å². The molecule has 2 unspecified atom stereocenters. The second-order valence-electron chi connectivity index (χ2n) is 3.78. The minimum absolute atomic E-state index is 0.0832. The highest BCUT2D eigenvalue weighted by Gasteiger charge is 2.10. The number of nitrogens with one attached hydrogen (secondary N) is 1. The van der Waals surface area contributed by atoms with Crippen LogP contribution < -0.4 is 10.1 Å². The van der Waals surface area contributed by atoms with E-state index >= 15 is 0 Å². The Morgan fingerprint density at radius 2 is 2.24 bits per heavy atom. The summed E-state index contributed by atoms with van der Waals surface area (Å²) in [5.41, 5.74) is 0.878. The van der Waals surface area contributed by atoms with Gasteiger partial charge in [-0.05, 0) is 20.8 Å². The van der Waals surface area contributed by atoms with Crippen molar-refractivity contribution in [2.75, 3.05) is 24.7 Å². The van der Waals surface area contributed by atoms with Gasteiger partial charge in [0.05, 0.1) is 12.2 Å². The molecule has 2 atom stereocenters. The van der Waals surface area contributed by atoms with Crippen LogP contribution in [0.25, 0.3) is 0 Å². The van der Waals surface area contributed by atoms with Crippen molar-refractivity contribution in [1.29, 1.82) is 0 Å². The number of anilines is 1. The Balaban J connectivity index is 2.71. The van der Waals surface area contributed by atoms with E-state index in [2.05, 4.69) is 15.3 Å². The van der Waals surface area contributed by atoms with Crippen molar-refractivity contribution in [3.8, 4) is 5.88 Å². The van der Waals surface area contributed by atoms with E-state index in [9.17, 15) is 4.21 Å². The molecule has 0 aromatic carbocycles. The highest BCUT2D eigenvalue weighted by atomic mass is 32.2. The van der Waals surface area contributed by atoms with E-state index in [1.807, 2.05) is 20.8 Å². The summed E-state index contributed by atoms with van der Waals surface area (Å²) in [6, 6.07) is 0. The van der Waals surface area contributed by atoms with Crippen molar-refractivity contribution in [2.45, 2.75) is 26.0 Å². The monoisotopic (exact) mass is 257 g/mol. The van der Waals surface area contributed by atoms with Crippen molar-refractivity contribution in [2.24, 2.45) is 0 Å². The summed E-state index contributed by atoms with van der Waals surface area (Å²) in [5, 5.41) is 3.25. The van der Waals surface area contributed by atoms with Crippen LogP contribution in [0.1, 0.15) is 19.4 Å². The van der Waals surface area contributed by atoms with Gasteiger partial charge in [0.2, 0.25) is 5.88 Å². The maximum atomic E-state index is 11.2. The minimum atomic E-state index is -0.836. The smallest absolute Gasteiger partial charge is 0.221 e. The molecular weight excluding hydrogens is 238 g/mol. The van der Waals surface area contributed by atoms with Crippen LogP contribution in [0.2, 0.25) is 0 Å². The Labute approximate surface area is 104 Å². The average molecular weight is 257 g/mol. The van der Waals surface area contributed by atoms with E-state index in [0.29, 0.717) is 19.0 Å². The van der Waals surface area contributed by atoms with Gasteiger partial charge in [0.15, 0.2) is 0 Å². The third-order valence-electron chi connectivity index (χ3n) is 2.44. The maximum absolute atomic E-state index is 11.2. The highest BCUT2D eigenvalue weighted by Crippen LogP contribution is 2.20. The fourth-order valence-electron chi connectivity index (χ4n) is 1.25. The van der Waals surface area contributed by atoms with Gasteiger partial charge in [0.25, 0.3) is 0 Å². The van der Waals surface area contributed by atoms with E-state index in [-0.39, 0.29) is 5.25 Å². The molecule has 0 radical (unpaired) electrons. The Morgan fingerprint density at radius 3 is 2.82 bits per heavy atom. The van der Waals surface area contributed by atoms with Crippen LogP contribution in [0.15, 0.2) is 6.33 Å². The van der Waals surface area contributed by atoms with E-state index in [1.54, 1.807) is 6.26 Å². The van der Waals surface area contributed by atoms with Crippen LogP contribution in [-0.4, -0.2) is 38.8 Å². The third-order valence-corrected chi connectivity index (χ3v) is 3.74. The van der Waals surface area contributed by atoms with E-state index in [1.165, 1.54) is 6.33 Å². The summed E-state index contributed by atoms with van der Waals surface area (Å²) < 4.78 is 16.6. The molecule has 0 fully saturated rings. The molecule has 17 heavy (non-hydrogen) atoms. The van der Waals surface area contributed by atoms with Crippen molar-refractivity contribution in [1.82, 2.24) is 9.97 Å². The summed E-state index contributed by atoms with van der Waals surface area (Å²) in [6.07, 6.45) is 3.17. The first-order valence-corrected chi connectivity index (χ1v) is 7.18. The van der Waals surface area contributed by atoms with Gasteiger partial charge >= 0.3 is 0 Å². The van der Waals surface area contributed by atoms with Gasteiger partial charge in [0, 0.05) is 28.9 Å². The molecule has 0 amide bonds. The molecule has 1 rings (SSSR count). The SMILES string of the molecule is CCOc1ncnc(NCC(C)S(C)=O)c1C. The number of nitrogens with zero attached hydrogens (tertiary/aromatic N) is 2. The molecule has 1 heterocycles. The van der Waals surface area contributed by atoms with Gasteiger partial charge in [0.1, 0.15) is 12.1 Å². The minimum Gasteiger partial charge on any atom is -0.478 e. The number of hydrogen-bond acceptors (Lipinski definition) is 5. The highest BCUT2D eigenvalue weighted by molar-refractivity contribution is 7.84. The van der Waals surface area contributed by atoms with Gasteiger partial charge in [-0.2, -0.15) is 0 Å². The van der Waals surface area contributed by atoms with Crippen LogP contribution in [-0.2, 0) is 10.8 Å². The van der Waals surface area contributed by atoms with Crippen LogP contribution in [0.4, 0.5) is 5.82 Å². The second-order valence-corrected chi connectivity index (χ2v) is 5.58. The molecule has 0 saturated carbocycles. The first kappa shape index (κ1) is 13.9. The third kappa shape index (κ3) is 3.96. The van der Waals surface area contributed by atoms with Crippen molar-refractivity contribution in [3.05, 3.63) is 11.9 Å². The summed E-state index contributed by atoms with van der Waals surface area (Å²) in [5.74, 6) is 1.33. The van der Waals surface area contributed by atoms with Crippen molar-refractivity contribution < 1.29 is 8.95 Å². The van der Waals surface area contributed by atoms with Gasteiger partial charge in [-0.3, -0.25) is 4.21 Å². The Bertz CT molecular complexity index is 398. The van der Waals surface area contributed by atoms with Crippen LogP contribution >= 0.6 is 0 Å². The Hall–Kier alpha value is -1.17. The molecule has 0 aliphatic heterocycles. The normalized spacial score (nSPS) is 14.1. The predicted octanol–water partition coefficient (Wildman–Crippen LogP) is 1.36. The standard InChI is InChI=1S/C11H19N3O2S/c1-5-16-11-9(3)10(13-7-14-11)12-6-8(2)17(4)15/h7-8H,5-6H2,1-4H3,(H,12,13,14). The predicted molar refractivity (Wildman–Crippen MR) is 70.0 cm³/mol. The average Bonchev–Trinajstić information content (AvgIpc) is 2.30. The molecule has 0 spiro atoms. The van der Waals surface area contributed by atoms with Gasteiger partial charge in [-0.1, -0.05) is 0 Å². The molecule has 5 nitrogen and oxygen atoms in total. The maximum Gasteiger partial charge on any atom is 0.221 e. The molecular formula is C11H19N3O2S. The lowest BCUT2D eigenvalue weighted by molar-refractivity contribution is 0.324. The topological polar surface area (TPSA) is 64.1 Å². The number of rotatable bonds is 6. The molecule has 0 aliphatic rings.